The maximum Gasteiger partial charge on any atom is 0.260 e. The highest BCUT2D eigenvalue weighted by atomic mass is 19.1. The Kier molecular flexibility index (Phi) is 6.56. The smallest absolute Gasteiger partial charge is 0.260 e. The molecule has 164 valence electrons. The zero-order valence-corrected chi connectivity index (χ0v) is 17.7. The Morgan fingerprint density at radius 1 is 1.13 bits per heavy atom. The van der Waals surface area contributed by atoms with Gasteiger partial charge in [0.15, 0.2) is 6.61 Å². The van der Waals surface area contributed by atoms with Gasteiger partial charge in [0.05, 0.1) is 6.54 Å². The molecule has 1 saturated heterocycles. The van der Waals surface area contributed by atoms with E-state index in [9.17, 15) is 14.0 Å². The minimum atomic E-state index is -0.335. The number of carbonyl (C=O) groups is 2. The van der Waals surface area contributed by atoms with Gasteiger partial charge in [-0.15, -0.1) is 0 Å². The lowest BCUT2D eigenvalue weighted by Gasteiger charge is -2.35. The van der Waals surface area contributed by atoms with Crippen LogP contribution in [0, 0.1) is 23.6 Å². The summed E-state index contributed by atoms with van der Waals surface area (Å²) in [5.41, 5.74) is 0. The van der Waals surface area contributed by atoms with Crippen molar-refractivity contribution in [3.8, 4) is 5.75 Å². The zero-order valence-electron chi connectivity index (χ0n) is 17.7. The van der Waals surface area contributed by atoms with Crippen LogP contribution in [0.3, 0.4) is 0 Å². The molecule has 2 bridgehead atoms. The van der Waals surface area contributed by atoms with Crippen molar-refractivity contribution in [3.05, 3.63) is 30.1 Å². The Balaban J connectivity index is 1.15. The number of carbonyl (C=O) groups excluding carboxylic acids is 2. The third kappa shape index (κ3) is 5.12. The van der Waals surface area contributed by atoms with Crippen LogP contribution < -0.4 is 10.1 Å². The van der Waals surface area contributed by atoms with Crippen LogP contribution >= 0.6 is 0 Å². The first kappa shape index (κ1) is 21.1. The SMILES string of the molecule is CC(NC(=O)CN1CCN(C(=O)COc2ccc(F)cc2)CC1)C1CC2CCC1C2. The van der Waals surface area contributed by atoms with Crippen molar-refractivity contribution < 1.29 is 18.7 Å². The number of piperazine rings is 1. The fourth-order valence-corrected chi connectivity index (χ4v) is 5.44. The molecular formula is C23H32FN3O3. The maximum atomic E-state index is 12.9. The van der Waals surface area contributed by atoms with Gasteiger partial charge in [0.2, 0.25) is 5.91 Å². The summed E-state index contributed by atoms with van der Waals surface area (Å²) < 4.78 is 18.4. The molecule has 4 rings (SSSR count). The fourth-order valence-electron chi connectivity index (χ4n) is 5.44. The van der Waals surface area contributed by atoms with Crippen LogP contribution in [0.25, 0.3) is 0 Å². The van der Waals surface area contributed by atoms with Crippen molar-refractivity contribution in [2.24, 2.45) is 17.8 Å². The van der Waals surface area contributed by atoms with Crippen molar-refractivity contribution in [3.63, 3.8) is 0 Å². The molecule has 1 aromatic rings. The molecule has 0 radical (unpaired) electrons. The summed E-state index contributed by atoms with van der Waals surface area (Å²) in [5, 5.41) is 3.22. The highest BCUT2D eigenvalue weighted by molar-refractivity contribution is 5.79. The van der Waals surface area contributed by atoms with Crippen LogP contribution in [0.5, 0.6) is 5.75 Å². The van der Waals surface area contributed by atoms with Crippen LogP contribution in [0.15, 0.2) is 24.3 Å². The molecule has 2 saturated carbocycles. The minimum absolute atomic E-state index is 0.0623. The Hall–Kier alpha value is -2.15. The van der Waals surface area contributed by atoms with Crippen molar-refractivity contribution in [1.82, 2.24) is 15.1 Å². The number of amides is 2. The van der Waals surface area contributed by atoms with Gasteiger partial charge in [-0.3, -0.25) is 14.5 Å². The van der Waals surface area contributed by atoms with E-state index in [1.165, 1.54) is 49.9 Å². The van der Waals surface area contributed by atoms with Crippen molar-refractivity contribution in [2.45, 2.75) is 38.6 Å². The van der Waals surface area contributed by atoms with E-state index in [0.717, 1.165) is 11.8 Å². The lowest BCUT2D eigenvalue weighted by molar-refractivity contribution is -0.135. The number of fused-ring (bicyclic) bond motifs is 2. The molecule has 4 unspecified atom stereocenters. The summed E-state index contributed by atoms with van der Waals surface area (Å²) in [6.45, 7) is 5.01. The quantitative estimate of drug-likeness (QED) is 0.740. The number of benzene rings is 1. The molecule has 1 aromatic carbocycles. The summed E-state index contributed by atoms with van der Waals surface area (Å²) in [4.78, 5) is 28.7. The molecule has 30 heavy (non-hydrogen) atoms. The Morgan fingerprint density at radius 2 is 1.87 bits per heavy atom. The molecule has 3 fully saturated rings. The Morgan fingerprint density at radius 3 is 2.50 bits per heavy atom. The average molecular weight is 418 g/mol. The van der Waals surface area contributed by atoms with E-state index < -0.39 is 0 Å². The van der Waals surface area contributed by atoms with E-state index in [2.05, 4.69) is 17.1 Å². The molecule has 0 aromatic heterocycles. The number of ether oxygens (including phenoxy) is 1. The number of hydrogen-bond donors (Lipinski definition) is 1. The second-order valence-electron chi connectivity index (χ2n) is 9.09. The normalized spacial score (nSPS) is 27.1. The second-order valence-corrected chi connectivity index (χ2v) is 9.09. The highest BCUT2D eigenvalue weighted by Gasteiger charge is 2.42. The summed E-state index contributed by atoms with van der Waals surface area (Å²) >= 11 is 0. The predicted molar refractivity (Wildman–Crippen MR) is 111 cm³/mol. The van der Waals surface area contributed by atoms with Crippen LogP contribution in [0.1, 0.15) is 32.6 Å². The number of rotatable bonds is 7. The number of halogens is 1. The molecule has 1 heterocycles. The van der Waals surface area contributed by atoms with E-state index >= 15 is 0 Å². The summed E-state index contributed by atoms with van der Waals surface area (Å²) in [7, 11) is 0. The lowest BCUT2D eigenvalue weighted by Crippen LogP contribution is -2.53. The van der Waals surface area contributed by atoms with E-state index in [1.807, 2.05) is 0 Å². The van der Waals surface area contributed by atoms with E-state index in [-0.39, 0.29) is 30.3 Å². The van der Waals surface area contributed by atoms with Gasteiger partial charge in [0.25, 0.3) is 5.91 Å². The highest BCUT2D eigenvalue weighted by Crippen LogP contribution is 2.49. The van der Waals surface area contributed by atoms with Crippen LogP contribution in [0.2, 0.25) is 0 Å². The van der Waals surface area contributed by atoms with E-state index in [0.29, 0.717) is 44.4 Å². The molecule has 3 aliphatic rings. The predicted octanol–water partition coefficient (Wildman–Crippen LogP) is 2.29. The van der Waals surface area contributed by atoms with Gasteiger partial charge in [-0.05, 0) is 68.2 Å². The molecule has 4 atom stereocenters. The van der Waals surface area contributed by atoms with Gasteiger partial charge in [-0.2, -0.15) is 0 Å². The lowest BCUT2D eigenvalue weighted by atomic mass is 9.84. The largest absolute Gasteiger partial charge is 0.484 e. The van der Waals surface area contributed by atoms with Crippen molar-refractivity contribution in [1.29, 1.82) is 0 Å². The topological polar surface area (TPSA) is 61.9 Å². The standard InChI is InChI=1S/C23H32FN3O3/c1-16(21-13-17-2-3-18(21)12-17)25-22(28)14-26-8-10-27(11-9-26)23(29)15-30-20-6-4-19(24)5-7-20/h4-7,16-18,21H,2-3,8-15H2,1H3,(H,25,28). The third-order valence-electron chi connectivity index (χ3n) is 7.09. The fraction of sp³-hybridized carbons (Fsp3) is 0.652. The molecule has 2 aliphatic carbocycles. The molecule has 0 spiro atoms. The molecule has 1 aliphatic heterocycles. The first-order valence-electron chi connectivity index (χ1n) is 11.2. The first-order chi connectivity index (χ1) is 14.5. The number of nitrogens with zero attached hydrogens (tertiary/aromatic N) is 2. The monoisotopic (exact) mass is 417 g/mol. The van der Waals surface area contributed by atoms with Gasteiger partial charge in [-0.1, -0.05) is 6.42 Å². The zero-order chi connectivity index (χ0) is 21.1. The molecule has 2 amide bonds. The first-order valence-corrected chi connectivity index (χ1v) is 11.2. The van der Waals surface area contributed by atoms with Crippen LogP contribution in [-0.2, 0) is 9.59 Å². The maximum absolute atomic E-state index is 12.9. The van der Waals surface area contributed by atoms with Crippen molar-refractivity contribution >= 4 is 11.8 Å². The van der Waals surface area contributed by atoms with Gasteiger partial charge >= 0.3 is 0 Å². The third-order valence-corrected chi connectivity index (χ3v) is 7.09. The van der Waals surface area contributed by atoms with E-state index in [1.54, 1.807) is 4.90 Å². The average Bonchev–Trinajstić information content (AvgIpc) is 3.37. The summed E-state index contributed by atoms with van der Waals surface area (Å²) in [6.07, 6.45) is 5.33. The van der Waals surface area contributed by atoms with Gasteiger partial charge < -0.3 is 15.0 Å². The summed E-state index contributed by atoms with van der Waals surface area (Å²) in [6, 6.07) is 5.89. The molecule has 1 N–H and O–H groups in total. The summed E-state index contributed by atoms with van der Waals surface area (Å²) in [5.74, 6) is 2.47. The second kappa shape index (κ2) is 9.33. The van der Waals surface area contributed by atoms with Gasteiger partial charge in [0.1, 0.15) is 11.6 Å². The number of hydrogen-bond acceptors (Lipinski definition) is 4. The van der Waals surface area contributed by atoms with E-state index in [4.69, 9.17) is 4.74 Å². The van der Waals surface area contributed by atoms with Crippen LogP contribution in [0.4, 0.5) is 4.39 Å². The Labute approximate surface area is 177 Å². The molecule has 7 heteroatoms. The Bertz CT molecular complexity index is 749. The van der Waals surface area contributed by atoms with Gasteiger partial charge in [0, 0.05) is 32.2 Å². The van der Waals surface area contributed by atoms with Gasteiger partial charge in [-0.25, -0.2) is 4.39 Å². The van der Waals surface area contributed by atoms with Crippen LogP contribution in [-0.4, -0.2) is 67.0 Å². The number of nitrogens with one attached hydrogen (secondary N) is 1. The minimum Gasteiger partial charge on any atom is -0.484 e. The van der Waals surface area contributed by atoms with Crippen molar-refractivity contribution in [2.75, 3.05) is 39.3 Å². The molecular weight excluding hydrogens is 385 g/mol. The molecule has 6 nitrogen and oxygen atoms in total.